The minimum atomic E-state index is -4.63. The summed E-state index contributed by atoms with van der Waals surface area (Å²) >= 11 is 0. The highest BCUT2D eigenvalue weighted by atomic mass is 19.4. The van der Waals surface area contributed by atoms with Crippen LogP contribution >= 0.6 is 0 Å². The van der Waals surface area contributed by atoms with Gasteiger partial charge in [0.25, 0.3) is 0 Å². The van der Waals surface area contributed by atoms with E-state index in [-0.39, 0.29) is 23.1 Å². The van der Waals surface area contributed by atoms with Gasteiger partial charge < -0.3 is 9.80 Å². The molecule has 0 saturated heterocycles. The zero-order chi connectivity index (χ0) is 35.6. The fourth-order valence-electron chi connectivity index (χ4n) is 7.16. The fourth-order valence-corrected chi connectivity index (χ4v) is 7.16. The number of amides is 1. The predicted octanol–water partition coefficient (Wildman–Crippen LogP) is 7.08. The van der Waals surface area contributed by atoms with Crippen LogP contribution in [-0.2, 0) is 12.7 Å². The molecule has 2 aromatic heterocycles. The Balaban J connectivity index is 1.30. The molecule has 1 aliphatic rings. The average molecular weight is 683 g/mol. The van der Waals surface area contributed by atoms with Gasteiger partial charge in [-0.25, -0.2) is 18.8 Å². The van der Waals surface area contributed by atoms with E-state index in [4.69, 9.17) is 0 Å². The summed E-state index contributed by atoms with van der Waals surface area (Å²) in [5.41, 5.74) is 1.42. The Bertz CT molecular complexity index is 2080. The molecule has 1 N–H and O–H groups in total. The summed E-state index contributed by atoms with van der Waals surface area (Å²) in [6.07, 6.45) is 0.196. The largest absolute Gasteiger partial charge is 0.416 e. The van der Waals surface area contributed by atoms with Crippen LogP contribution in [0.3, 0.4) is 0 Å². The van der Waals surface area contributed by atoms with Gasteiger partial charge >= 0.3 is 17.9 Å². The number of quaternary nitrogens is 1. The Morgan fingerprint density at radius 3 is 2.32 bits per heavy atom. The minimum absolute atomic E-state index is 0.0173. The van der Waals surface area contributed by atoms with E-state index in [1.165, 1.54) is 28.6 Å². The van der Waals surface area contributed by atoms with E-state index in [2.05, 4.69) is 54.8 Å². The van der Waals surface area contributed by atoms with Crippen LogP contribution in [0.5, 0.6) is 0 Å². The number of halogens is 3. The zero-order valence-corrected chi connectivity index (χ0v) is 28.2. The van der Waals surface area contributed by atoms with E-state index >= 15 is 0 Å². The highest BCUT2D eigenvalue weighted by molar-refractivity contribution is 5.83. The first-order valence-electron chi connectivity index (χ1n) is 16.6. The molecule has 0 atom stereocenters. The third-order valence-corrected chi connectivity index (χ3v) is 9.43. The number of hydrogen-bond acceptors (Lipinski definition) is 4. The van der Waals surface area contributed by atoms with Crippen molar-refractivity contribution in [3.8, 4) is 28.8 Å². The van der Waals surface area contributed by atoms with Crippen molar-refractivity contribution in [1.82, 2.24) is 24.2 Å². The third kappa shape index (κ3) is 7.28. The number of aromatic nitrogens is 4. The molecule has 3 aromatic carbocycles. The van der Waals surface area contributed by atoms with Gasteiger partial charge in [-0.05, 0) is 81.1 Å². The van der Waals surface area contributed by atoms with Gasteiger partial charge in [-0.2, -0.15) is 23.5 Å². The number of nitriles is 1. The number of rotatable bonds is 8. The van der Waals surface area contributed by atoms with E-state index < -0.39 is 23.5 Å². The maximum atomic E-state index is 14.2. The number of nitrogens with zero attached hydrogens (tertiary/aromatic N) is 6. The molecule has 0 bridgehead atoms. The summed E-state index contributed by atoms with van der Waals surface area (Å²) in [4.78, 5) is 28.3. The molecule has 50 heavy (non-hydrogen) atoms. The molecule has 258 valence electrons. The SMILES string of the molecule is Cc1c(-c2ccnn2-c2ccc(C#N)cc2)n(C(=O)N[C@H]2CC[C@H](C[N+](C)(C)Cc3ccccc3)CC2)c(=O)n1-c1cccc(C(F)(F)F)c1. The standard InChI is InChI=1S/C38H38F3N7O2/c1-26-35(34-20-21-43-47(34)32-18-14-27(23-42)15-19-32)46(37(50)45(26)33-11-7-10-30(22-33)38(39,40)41)36(49)44-31-16-12-29(13-17-31)25-48(2,3)24-28-8-5-4-6-9-28/h4-11,14-15,18-22,29,31H,12-13,16-17,24-25H2,1-3H3/p+1/t29-,31-. The van der Waals surface area contributed by atoms with Gasteiger partial charge in [0.15, 0.2) is 0 Å². The lowest BCUT2D eigenvalue weighted by Gasteiger charge is -2.36. The molecule has 0 spiro atoms. The van der Waals surface area contributed by atoms with Crippen LogP contribution in [0.2, 0.25) is 0 Å². The Hall–Kier alpha value is -5.41. The monoisotopic (exact) mass is 682 g/mol. The topological polar surface area (TPSA) is 97.6 Å². The van der Waals surface area contributed by atoms with Crippen LogP contribution in [0.25, 0.3) is 22.8 Å². The number of carbonyl (C=O) groups excluding carboxylic acids is 1. The van der Waals surface area contributed by atoms with Crippen LogP contribution in [-0.4, -0.2) is 56.1 Å². The van der Waals surface area contributed by atoms with Gasteiger partial charge in [-0.3, -0.25) is 4.57 Å². The highest BCUT2D eigenvalue weighted by Crippen LogP contribution is 2.33. The lowest BCUT2D eigenvalue weighted by atomic mass is 9.85. The molecular formula is C38H39F3N7O2+. The van der Waals surface area contributed by atoms with E-state index in [0.29, 0.717) is 22.9 Å². The number of nitrogens with one attached hydrogen (secondary N) is 1. The van der Waals surface area contributed by atoms with Crippen LogP contribution < -0.4 is 11.0 Å². The van der Waals surface area contributed by atoms with Gasteiger partial charge in [-0.15, -0.1) is 0 Å². The summed E-state index contributed by atoms with van der Waals surface area (Å²) < 4.78 is 45.6. The quantitative estimate of drug-likeness (QED) is 0.177. The van der Waals surface area contributed by atoms with Crippen LogP contribution in [0.4, 0.5) is 18.0 Å². The summed E-state index contributed by atoms with van der Waals surface area (Å²) in [6, 6.07) is 24.4. The van der Waals surface area contributed by atoms with Crippen molar-refractivity contribution in [2.24, 2.45) is 5.92 Å². The van der Waals surface area contributed by atoms with Crippen molar-refractivity contribution in [2.45, 2.75) is 51.4 Å². The average Bonchev–Trinajstić information content (AvgIpc) is 3.67. The van der Waals surface area contributed by atoms with E-state index in [1.807, 2.05) is 6.07 Å². The van der Waals surface area contributed by atoms with Crippen molar-refractivity contribution >= 4 is 6.03 Å². The maximum absolute atomic E-state index is 14.2. The van der Waals surface area contributed by atoms with Gasteiger partial charge in [0.2, 0.25) is 0 Å². The summed E-state index contributed by atoms with van der Waals surface area (Å²) in [5, 5.41) is 16.7. The molecule has 1 amide bonds. The molecule has 0 unspecified atom stereocenters. The number of hydrogen-bond donors (Lipinski definition) is 1. The normalized spacial score (nSPS) is 16.6. The number of carbonyl (C=O) groups is 1. The predicted molar refractivity (Wildman–Crippen MR) is 184 cm³/mol. The summed E-state index contributed by atoms with van der Waals surface area (Å²) in [5.74, 6) is 0.478. The fraction of sp³-hybridized carbons (Fsp3) is 0.316. The second kappa shape index (κ2) is 13.8. The highest BCUT2D eigenvalue weighted by Gasteiger charge is 2.33. The molecule has 1 fully saturated rings. The summed E-state index contributed by atoms with van der Waals surface area (Å²) in [6.45, 7) is 3.51. The first-order valence-corrected chi connectivity index (χ1v) is 16.6. The first-order chi connectivity index (χ1) is 23.8. The van der Waals surface area contributed by atoms with Gasteiger partial charge in [0.05, 0.1) is 66.8 Å². The minimum Gasteiger partial charge on any atom is -0.335 e. The lowest BCUT2D eigenvalue weighted by Crippen LogP contribution is -2.46. The van der Waals surface area contributed by atoms with Gasteiger partial charge in [0, 0.05) is 17.5 Å². The molecule has 0 aliphatic heterocycles. The lowest BCUT2D eigenvalue weighted by molar-refractivity contribution is -0.907. The molecule has 1 aliphatic carbocycles. The van der Waals surface area contributed by atoms with Crippen LogP contribution in [0.1, 0.15) is 48.1 Å². The number of imidazole rings is 1. The Labute approximate surface area is 288 Å². The molecule has 12 heteroatoms. The molecule has 9 nitrogen and oxygen atoms in total. The van der Waals surface area contributed by atoms with Crippen molar-refractivity contribution in [3.05, 3.63) is 124 Å². The molecular weight excluding hydrogens is 643 g/mol. The van der Waals surface area contributed by atoms with Crippen molar-refractivity contribution in [1.29, 1.82) is 5.26 Å². The molecule has 6 rings (SSSR count). The van der Waals surface area contributed by atoms with Gasteiger partial charge in [0.1, 0.15) is 12.2 Å². The van der Waals surface area contributed by atoms with Gasteiger partial charge in [-0.1, -0.05) is 36.4 Å². The molecule has 0 radical (unpaired) electrons. The zero-order valence-electron chi connectivity index (χ0n) is 28.2. The molecule has 1 saturated carbocycles. The number of benzene rings is 3. The van der Waals surface area contributed by atoms with E-state index in [9.17, 15) is 28.0 Å². The summed E-state index contributed by atoms with van der Waals surface area (Å²) in [7, 11) is 4.46. The van der Waals surface area contributed by atoms with Crippen molar-refractivity contribution < 1.29 is 22.4 Å². The smallest absolute Gasteiger partial charge is 0.335 e. The van der Waals surface area contributed by atoms with Crippen molar-refractivity contribution in [2.75, 3.05) is 20.6 Å². The second-order valence-electron chi connectivity index (χ2n) is 13.7. The van der Waals surface area contributed by atoms with Crippen LogP contribution in [0, 0.1) is 24.2 Å². The van der Waals surface area contributed by atoms with Crippen molar-refractivity contribution in [3.63, 3.8) is 0 Å². The van der Waals surface area contributed by atoms with E-state index in [1.54, 1.807) is 37.3 Å². The Morgan fingerprint density at radius 1 is 0.960 bits per heavy atom. The van der Waals surface area contributed by atoms with Crippen LogP contribution in [0.15, 0.2) is 95.9 Å². The Morgan fingerprint density at radius 2 is 1.66 bits per heavy atom. The Kier molecular flexibility index (Phi) is 9.54. The van der Waals surface area contributed by atoms with E-state index in [0.717, 1.165) is 64.5 Å². The maximum Gasteiger partial charge on any atom is 0.416 e. The number of alkyl halides is 3. The second-order valence-corrected chi connectivity index (χ2v) is 13.7. The third-order valence-electron chi connectivity index (χ3n) is 9.43. The molecule has 5 aromatic rings. The first kappa shape index (κ1) is 34.5. The molecule has 2 heterocycles.